The minimum absolute atomic E-state index is 0.213. The van der Waals surface area contributed by atoms with E-state index < -0.39 is 33.4 Å². The summed E-state index contributed by atoms with van der Waals surface area (Å²) in [5.74, 6) is -1.14. The van der Waals surface area contributed by atoms with Gasteiger partial charge in [-0.1, -0.05) is 0 Å². The van der Waals surface area contributed by atoms with Gasteiger partial charge in [-0.3, -0.25) is 14.1 Å². The van der Waals surface area contributed by atoms with Crippen LogP contribution in [0.3, 0.4) is 0 Å². The number of carbonyl (C=O) groups excluding carboxylic acids is 2. The molecule has 4 aliphatic carbocycles. The molecule has 0 radical (unpaired) electrons. The number of ketones is 1. The molecule has 0 aliphatic heterocycles. The molecule has 9 heteroatoms. The van der Waals surface area contributed by atoms with Crippen LogP contribution in [0.5, 0.6) is 0 Å². The van der Waals surface area contributed by atoms with Crippen molar-refractivity contribution in [2.45, 2.75) is 37.4 Å². The van der Waals surface area contributed by atoms with E-state index in [1.54, 1.807) is 0 Å². The summed E-state index contributed by atoms with van der Waals surface area (Å²) >= 11 is 0. The highest BCUT2D eigenvalue weighted by Gasteiger charge is 2.62. The SMILES string of the molecule is O=C(OCC(F)(F)S(=O)(=O)O)C12CC3CC(CC(C3)C1=O)C2. The molecule has 124 valence electrons. The molecular weight excluding hydrogens is 322 g/mol. The average Bonchev–Trinajstić information content (AvgIpc) is 2.39. The molecule has 4 bridgehead atoms. The van der Waals surface area contributed by atoms with Crippen LogP contribution in [0.2, 0.25) is 0 Å². The summed E-state index contributed by atoms with van der Waals surface area (Å²) in [6.07, 6.45) is 2.96. The van der Waals surface area contributed by atoms with Gasteiger partial charge in [0.1, 0.15) is 5.41 Å². The predicted octanol–water partition coefficient (Wildman–Crippen LogP) is 1.41. The van der Waals surface area contributed by atoms with Gasteiger partial charge in [-0.25, -0.2) is 0 Å². The number of carbonyl (C=O) groups is 2. The summed E-state index contributed by atoms with van der Waals surface area (Å²) in [5.41, 5.74) is -1.40. The summed E-state index contributed by atoms with van der Waals surface area (Å²) in [7, 11) is -5.66. The largest absolute Gasteiger partial charge is 0.457 e. The van der Waals surface area contributed by atoms with Crippen molar-refractivity contribution >= 4 is 21.9 Å². The molecule has 0 aromatic rings. The van der Waals surface area contributed by atoms with Crippen molar-refractivity contribution in [2.75, 3.05) is 6.61 Å². The Balaban J connectivity index is 1.76. The van der Waals surface area contributed by atoms with E-state index in [4.69, 9.17) is 4.55 Å². The molecule has 1 N–H and O–H groups in total. The smallest absolute Gasteiger partial charge is 0.402 e. The fourth-order valence-electron chi connectivity index (χ4n) is 4.40. The van der Waals surface area contributed by atoms with E-state index in [0.717, 1.165) is 19.3 Å². The lowest BCUT2D eigenvalue weighted by Gasteiger charge is -2.53. The van der Waals surface area contributed by atoms with Gasteiger partial charge in [-0.2, -0.15) is 17.2 Å². The molecule has 4 fully saturated rings. The van der Waals surface area contributed by atoms with Crippen LogP contribution in [0.1, 0.15) is 32.1 Å². The Labute approximate surface area is 125 Å². The minimum Gasteiger partial charge on any atom is -0.457 e. The highest BCUT2D eigenvalue weighted by Crippen LogP contribution is 2.58. The predicted molar refractivity (Wildman–Crippen MR) is 68.4 cm³/mol. The van der Waals surface area contributed by atoms with Crippen LogP contribution < -0.4 is 0 Å². The van der Waals surface area contributed by atoms with Crippen molar-refractivity contribution in [1.29, 1.82) is 0 Å². The Bertz CT molecular complexity index is 614. The van der Waals surface area contributed by atoms with E-state index in [9.17, 15) is 26.8 Å². The molecule has 4 aliphatic rings. The Kier molecular flexibility index (Phi) is 3.38. The van der Waals surface area contributed by atoms with E-state index in [2.05, 4.69) is 4.74 Å². The van der Waals surface area contributed by atoms with E-state index in [1.807, 2.05) is 0 Å². The van der Waals surface area contributed by atoms with Crippen LogP contribution >= 0.6 is 0 Å². The number of ether oxygens (including phenoxy) is 1. The second-order valence-electron chi connectivity index (χ2n) is 6.68. The zero-order chi connectivity index (χ0) is 16.3. The van der Waals surface area contributed by atoms with Crippen LogP contribution in [0, 0.1) is 23.2 Å². The van der Waals surface area contributed by atoms with Gasteiger partial charge in [-0.15, -0.1) is 0 Å². The van der Waals surface area contributed by atoms with E-state index in [1.165, 1.54) is 0 Å². The van der Waals surface area contributed by atoms with Crippen molar-refractivity contribution < 1.29 is 36.1 Å². The van der Waals surface area contributed by atoms with E-state index in [-0.39, 0.29) is 36.4 Å². The molecule has 22 heavy (non-hydrogen) atoms. The summed E-state index contributed by atoms with van der Waals surface area (Å²) in [6, 6.07) is 0. The lowest BCUT2D eigenvalue weighted by Crippen LogP contribution is -2.57. The first kappa shape index (κ1) is 15.8. The molecule has 0 aromatic carbocycles. The molecule has 0 heterocycles. The minimum atomic E-state index is -5.66. The molecule has 6 nitrogen and oxygen atoms in total. The molecule has 2 atom stereocenters. The molecule has 0 saturated heterocycles. The van der Waals surface area contributed by atoms with Gasteiger partial charge in [0.2, 0.25) is 0 Å². The standard InChI is InChI=1S/C13H16F2O6S/c14-13(15,22(18,19)20)6-21-11(17)12-4-7-1-8(5-12)3-9(2-7)10(12)16/h7-9H,1-6H2,(H,18,19,20). The van der Waals surface area contributed by atoms with Gasteiger partial charge in [0.25, 0.3) is 0 Å². The van der Waals surface area contributed by atoms with E-state index >= 15 is 0 Å². The van der Waals surface area contributed by atoms with Gasteiger partial charge in [0, 0.05) is 5.92 Å². The number of hydrogen-bond donors (Lipinski definition) is 1. The second-order valence-corrected chi connectivity index (χ2v) is 8.23. The van der Waals surface area contributed by atoms with Crippen molar-refractivity contribution in [3.05, 3.63) is 0 Å². The highest BCUT2D eigenvalue weighted by atomic mass is 32.2. The Morgan fingerprint density at radius 1 is 1.27 bits per heavy atom. The summed E-state index contributed by atoms with van der Waals surface area (Å²) < 4.78 is 60.2. The fraction of sp³-hybridized carbons (Fsp3) is 0.846. The van der Waals surface area contributed by atoms with Crippen molar-refractivity contribution in [3.63, 3.8) is 0 Å². The normalized spacial score (nSPS) is 37.4. The first-order valence-corrected chi connectivity index (χ1v) is 8.55. The third-order valence-electron chi connectivity index (χ3n) is 5.16. The average molecular weight is 338 g/mol. The van der Waals surface area contributed by atoms with Crippen LogP contribution in [-0.4, -0.2) is 36.6 Å². The summed E-state index contributed by atoms with van der Waals surface area (Å²) in [6.45, 7) is -1.78. The number of rotatable bonds is 4. The van der Waals surface area contributed by atoms with Gasteiger partial charge >= 0.3 is 21.3 Å². The fourth-order valence-corrected chi connectivity index (χ4v) is 4.61. The lowest BCUT2D eigenvalue weighted by molar-refractivity contribution is -0.181. The lowest BCUT2D eigenvalue weighted by atomic mass is 9.49. The van der Waals surface area contributed by atoms with Crippen molar-refractivity contribution in [2.24, 2.45) is 23.2 Å². The van der Waals surface area contributed by atoms with Crippen LogP contribution in [0.25, 0.3) is 0 Å². The molecule has 0 aromatic heterocycles. The number of hydrogen-bond acceptors (Lipinski definition) is 5. The third-order valence-corrected chi connectivity index (χ3v) is 6.03. The van der Waals surface area contributed by atoms with Gasteiger partial charge in [-0.05, 0) is 43.9 Å². The first-order valence-electron chi connectivity index (χ1n) is 7.11. The van der Waals surface area contributed by atoms with Crippen LogP contribution in [0.15, 0.2) is 0 Å². The molecule has 4 saturated carbocycles. The molecule has 0 spiro atoms. The summed E-state index contributed by atoms with van der Waals surface area (Å²) in [4.78, 5) is 24.6. The Hall–Kier alpha value is -1.09. The Morgan fingerprint density at radius 3 is 2.32 bits per heavy atom. The summed E-state index contributed by atoms with van der Waals surface area (Å²) in [5, 5.41) is -4.58. The topological polar surface area (TPSA) is 97.7 Å². The maximum absolute atomic E-state index is 13.2. The monoisotopic (exact) mass is 338 g/mol. The quantitative estimate of drug-likeness (QED) is 0.473. The molecule has 2 unspecified atom stereocenters. The van der Waals surface area contributed by atoms with Gasteiger partial charge < -0.3 is 4.74 Å². The van der Waals surface area contributed by atoms with Crippen molar-refractivity contribution in [3.8, 4) is 0 Å². The highest BCUT2D eigenvalue weighted by molar-refractivity contribution is 7.86. The maximum atomic E-state index is 13.2. The Morgan fingerprint density at radius 2 is 1.82 bits per heavy atom. The third kappa shape index (κ3) is 2.25. The molecular formula is C13H16F2O6S. The molecule has 4 rings (SSSR count). The zero-order valence-corrected chi connectivity index (χ0v) is 12.4. The van der Waals surface area contributed by atoms with Crippen LogP contribution in [0.4, 0.5) is 8.78 Å². The number of esters is 1. The number of Topliss-reactive ketones (excluding diaryl/α,β-unsaturated/α-hetero) is 1. The second kappa shape index (κ2) is 4.70. The zero-order valence-electron chi connectivity index (χ0n) is 11.6. The van der Waals surface area contributed by atoms with E-state index in [0.29, 0.717) is 0 Å². The van der Waals surface area contributed by atoms with Gasteiger partial charge in [0.15, 0.2) is 12.4 Å². The van der Waals surface area contributed by atoms with Gasteiger partial charge in [0.05, 0.1) is 0 Å². The van der Waals surface area contributed by atoms with Crippen LogP contribution in [-0.2, 0) is 24.4 Å². The molecule has 0 amide bonds. The maximum Gasteiger partial charge on any atom is 0.402 e. The van der Waals surface area contributed by atoms with Crippen molar-refractivity contribution in [1.82, 2.24) is 0 Å². The number of halogens is 2. The first-order chi connectivity index (χ1) is 10.1. The number of alkyl halides is 2.